The maximum atomic E-state index is 12.3. The number of carbonyl (C=O) groups is 1. The topological polar surface area (TPSA) is 96.6 Å². The Hall–Kier alpha value is -1.48. The van der Waals surface area contributed by atoms with E-state index >= 15 is 0 Å². The third-order valence-corrected chi connectivity index (χ3v) is 6.21. The fraction of sp³-hybridized carbons (Fsp3) is 0.812. The number of hydrogen-bond acceptors (Lipinski definition) is 6. The van der Waals surface area contributed by atoms with E-state index in [0.29, 0.717) is 37.5 Å². The van der Waals surface area contributed by atoms with Crippen molar-refractivity contribution in [1.82, 2.24) is 19.3 Å². The second-order valence-corrected chi connectivity index (χ2v) is 8.81. The van der Waals surface area contributed by atoms with Gasteiger partial charge in [0.2, 0.25) is 21.8 Å². The van der Waals surface area contributed by atoms with Gasteiger partial charge in [-0.05, 0) is 25.7 Å². The van der Waals surface area contributed by atoms with Gasteiger partial charge in [0.15, 0.2) is 5.82 Å². The van der Waals surface area contributed by atoms with Crippen LogP contribution in [0.1, 0.15) is 62.7 Å². The predicted molar refractivity (Wildman–Crippen MR) is 91.2 cm³/mol. The fourth-order valence-electron chi connectivity index (χ4n) is 3.59. The standard InChI is InChI=1S/C16H26N4O4S/c1-25(22,23)20-12-6-7-13(20)16-17-14(24-18-16)8-9-15(21)19-10-4-2-3-5-11-19/h13H,2-12H2,1H3. The van der Waals surface area contributed by atoms with Crippen molar-refractivity contribution in [2.24, 2.45) is 0 Å². The molecule has 8 nitrogen and oxygen atoms in total. The molecular formula is C16H26N4O4S. The van der Waals surface area contributed by atoms with Gasteiger partial charge in [0.05, 0.1) is 12.3 Å². The van der Waals surface area contributed by atoms with Crippen molar-refractivity contribution in [1.29, 1.82) is 0 Å². The van der Waals surface area contributed by atoms with Gasteiger partial charge in [-0.1, -0.05) is 18.0 Å². The van der Waals surface area contributed by atoms with Gasteiger partial charge in [0, 0.05) is 32.5 Å². The monoisotopic (exact) mass is 370 g/mol. The molecule has 0 spiro atoms. The van der Waals surface area contributed by atoms with Crippen molar-refractivity contribution in [2.75, 3.05) is 25.9 Å². The van der Waals surface area contributed by atoms with E-state index in [2.05, 4.69) is 10.1 Å². The first-order valence-electron chi connectivity index (χ1n) is 9.02. The second-order valence-electron chi connectivity index (χ2n) is 6.87. The highest BCUT2D eigenvalue weighted by atomic mass is 32.2. The van der Waals surface area contributed by atoms with Gasteiger partial charge in [-0.3, -0.25) is 4.79 Å². The lowest BCUT2D eigenvalue weighted by atomic mass is 10.2. The third-order valence-electron chi connectivity index (χ3n) is 4.92. The lowest BCUT2D eigenvalue weighted by molar-refractivity contribution is -0.131. The lowest BCUT2D eigenvalue weighted by Gasteiger charge is -2.19. The minimum atomic E-state index is -3.28. The summed E-state index contributed by atoms with van der Waals surface area (Å²) in [5.74, 6) is 0.930. The summed E-state index contributed by atoms with van der Waals surface area (Å²) in [6.07, 6.45) is 7.94. The normalized spacial score (nSPS) is 22.9. The molecular weight excluding hydrogens is 344 g/mol. The first-order chi connectivity index (χ1) is 11.9. The smallest absolute Gasteiger partial charge is 0.227 e. The number of nitrogens with zero attached hydrogens (tertiary/aromatic N) is 4. The number of aryl methyl sites for hydroxylation is 1. The Balaban J connectivity index is 1.57. The van der Waals surface area contributed by atoms with Gasteiger partial charge >= 0.3 is 0 Å². The molecule has 0 bridgehead atoms. The molecule has 0 radical (unpaired) electrons. The zero-order valence-electron chi connectivity index (χ0n) is 14.7. The van der Waals surface area contributed by atoms with E-state index in [1.54, 1.807) is 0 Å². The van der Waals surface area contributed by atoms with Crippen LogP contribution in [0.4, 0.5) is 0 Å². The van der Waals surface area contributed by atoms with Gasteiger partial charge in [0.1, 0.15) is 0 Å². The van der Waals surface area contributed by atoms with Gasteiger partial charge in [-0.15, -0.1) is 0 Å². The SMILES string of the molecule is CS(=O)(=O)N1CCCC1c1noc(CCC(=O)N2CCCCCC2)n1. The number of rotatable bonds is 5. The molecule has 1 atom stereocenters. The Morgan fingerprint density at radius 2 is 1.88 bits per heavy atom. The van der Waals surface area contributed by atoms with Crippen molar-refractivity contribution >= 4 is 15.9 Å². The summed E-state index contributed by atoms with van der Waals surface area (Å²) < 4.78 is 30.3. The summed E-state index contributed by atoms with van der Waals surface area (Å²) in [6.45, 7) is 2.15. The molecule has 0 aliphatic carbocycles. The minimum absolute atomic E-state index is 0.125. The zero-order valence-corrected chi connectivity index (χ0v) is 15.5. The highest BCUT2D eigenvalue weighted by Crippen LogP contribution is 2.32. The summed E-state index contributed by atoms with van der Waals surface area (Å²) in [5, 5.41) is 3.95. The number of carbonyl (C=O) groups excluding carboxylic acids is 1. The Morgan fingerprint density at radius 3 is 2.56 bits per heavy atom. The first kappa shape index (κ1) is 18.3. The predicted octanol–water partition coefficient (Wildman–Crippen LogP) is 1.50. The number of likely N-dealkylation sites (tertiary alicyclic amines) is 1. The average Bonchev–Trinajstić information content (AvgIpc) is 3.15. The number of amides is 1. The van der Waals surface area contributed by atoms with E-state index in [-0.39, 0.29) is 11.9 Å². The van der Waals surface area contributed by atoms with Crippen molar-refractivity contribution < 1.29 is 17.7 Å². The van der Waals surface area contributed by atoms with E-state index in [0.717, 1.165) is 32.4 Å². The summed E-state index contributed by atoms with van der Waals surface area (Å²) in [5.41, 5.74) is 0. The van der Waals surface area contributed by atoms with E-state index in [9.17, 15) is 13.2 Å². The van der Waals surface area contributed by atoms with Gasteiger partial charge in [0.25, 0.3) is 0 Å². The van der Waals surface area contributed by atoms with E-state index in [1.165, 1.54) is 23.4 Å². The average molecular weight is 370 g/mol. The Bertz CT molecular complexity index is 695. The van der Waals surface area contributed by atoms with Crippen molar-refractivity contribution in [3.63, 3.8) is 0 Å². The Morgan fingerprint density at radius 1 is 1.16 bits per heavy atom. The van der Waals surface area contributed by atoms with Crippen LogP contribution in [0.25, 0.3) is 0 Å². The highest BCUT2D eigenvalue weighted by molar-refractivity contribution is 7.88. The Kier molecular flexibility index (Phi) is 5.73. The van der Waals surface area contributed by atoms with Crippen LogP contribution in [-0.2, 0) is 21.2 Å². The van der Waals surface area contributed by atoms with E-state index < -0.39 is 10.0 Å². The fourth-order valence-corrected chi connectivity index (χ4v) is 4.71. The maximum absolute atomic E-state index is 12.3. The van der Waals surface area contributed by atoms with Crippen molar-refractivity contribution in [3.05, 3.63) is 11.7 Å². The van der Waals surface area contributed by atoms with Gasteiger partial charge in [-0.25, -0.2) is 8.42 Å². The van der Waals surface area contributed by atoms with Crippen LogP contribution in [0.15, 0.2) is 4.52 Å². The van der Waals surface area contributed by atoms with Crippen molar-refractivity contribution in [2.45, 2.75) is 57.4 Å². The van der Waals surface area contributed by atoms with Crippen LogP contribution >= 0.6 is 0 Å². The summed E-state index contributed by atoms with van der Waals surface area (Å²) >= 11 is 0. The molecule has 1 aromatic heterocycles. The largest absolute Gasteiger partial charge is 0.343 e. The van der Waals surface area contributed by atoms with Crippen LogP contribution < -0.4 is 0 Å². The molecule has 0 N–H and O–H groups in total. The highest BCUT2D eigenvalue weighted by Gasteiger charge is 2.35. The van der Waals surface area contributed by atoms with Crippen molar-refractivity contribution in [3.8, 4) is 0 Å². The summed E-state index contributed by atoms with van der Waals surface area (Å²) in [4.78, 5) is 18.6. The molecule has 2 saturated heterocycles. The molecule has 3 heterocycles. The van der Waals surface area contributed by atoms with Crippen LogP contribution in [0.3, 0.4) is 0 Å². The maximum Gasteiger partial charge on any atom is 0.227 e. The van der Waals surface area contributed by atoms with Crippen LogP contribution in [0, 0.1) is 0 Å². The molecule has 2 fully saturated rings. The van der Waals surface area contributed by atoms with E-state index in [1.807, 2.05) is 4.90 Å². The zero-order chi connectivity index (χ0) is 17.9. The summed E-state index contributed by atoms with van der Waals surface area (Å²) in [6, 6.07) is -0.353. The lowest BCUT2D eigenvalue weighted by Crippen LogP contribution is -2.32. The molecule has 1 amide bonds. The number of aromatic nitrogens is 2. The van der Waals surface area contributed by atoms with Gasteiger partial charge in [-0.2, -0.15) is 9.29 Å². The molecule has 2 aliphatic heterocycles. The van der Waals surface area contributed by atoms with Crippen LogP contribution in [0.2, 0.25) is 0 Å². The molecule has 0 saturated carbocycles. The second kappa shape index (κ2) is 7.82. The van der Waals surface area contributed by atoms with Crippen LogP contribution in [-0.4, -0.2) is 59.6 Å². The molecule has 2 aliphatic rings. The quantitative estimate of drug-likeness (QED) is 0.779. The molecule has 3 rings (SSSR count). The number of hydrogen-bond donors (Lipinski definition) is 0. The molecule has 0 aromatic carbocycles. The Labute approximate surface area is 148 Å². The summed E-state index contributed by atoms with van der Waals surface area (Å²) in [7, 11) is -3.28. The third kappa shape index (κ3) is 4.58. The molecule has 1 unspecified atom stereocenters. The van der Waals surface area contributed by atoms with Crippen LogP contribution in [0.5, 0.6) is 0 Å². The molecule has 140 valence electrons. The minimum Gasteiger partial charge on any atom is -0.343 e. The van der Waals surface area contributed by atoms with E-state index in [4.69, 9.17) is 4.52 Å². The molecule has 1 aromatic rings. The first-order valence-corrected chi connectivity index (χ1v) is 10.9. The van der Waals surface area contributed by atoms with Gasteiger partial charge < -0.3 is 9.42 Å². The number of sulfonamides is 1. The molecule has 25 heavy (non-hydrogen) atoms. The molecule has 9 heteroatoms.